The van der Waals surface area contributed by atoms with Gasteiger partial charge in [-0.25, -0.2) is 18.6 Å². The number of carbonyl (C=O) groups is 4. The normalized spacial score (nSPS) is 22.0. The van der Waals surface area contributed by atoms with Crippen LogP contribution in [0.4, 0.5) is 13.6 Å². The van der Waals surface area contributed by atoms with Gasteiger partial charge in [0.2, 0.25) is 0 Å². The number of fused-ring (bicyclic) bond motifs is 1. The van der Waals surface area contributed by atoms with Crippen LogP contribution in [0.3, 0.4) is 0 Å². The lowest BCUT2D eigenvalue weighted by Gasteiger charge is -2.47. The molecule has 2 fully saturated rings. The molecule has 5 atom stereocenters. The van der Waals surface area contributed by atoms with E-state index in [0.717, 1.165) is 28.7 Å². The van der Waals surface area contributed by atoms with Crippen LogP contribution in [0.1, 0.15) is 31.3 Å². The highest BCUT2D eigenvalue weighted by Gasteiger charge is 2.54. The van der Waals surface area contributed by atoms with E-state index >= 15 is 4.39 Å². The summed E-state index contributed by atoms with van der Waals surface area (Å²) in [6, 6.07) is 10.9. The minimum absolute atomic E-state index is 0.0384. The molecule has 282 valence electrons. The van der Waals surface area contributed by atoms with E-state index in [9.17, 15) is 28.7 Å². The van der Waals surface area contributed by atoms with Crippen LogP contribution in [-0.2, 0) is 35.1 Å². The second-order valence-electron chi connectivity index (χ2n) is 13.6. The number of imide groups is 1. The first-order valence-corrected chi connectivity index (χ1v) is 17.3. The Morgan fingerprint density at radius 1 is 1.09 bits per heavy atom. The Bertz CT molecular complexity index is 1850. The van der Waals surface area contributed by atoms with Crippen LogP contribution in [-0.4, -0.2) is 119 Å². The number of aliphatic hydroxyl groups excluding tert-OH is 1. The van der Waals surface area contributed by atoms with Crippen LogP contribution in [0.25, 0.3) is 11.3 Å². The maximum absolute atomic E-state index is 15.1. The average Bonchev–Trinajstić information content (AvgIpc) is 3.83. The summed E-state index contributed by atoms with van der Waals surface area (Å²) in [5, 5.41) is 17.1. The Hall–Kier alpha value is -5.03. The van der Waals surface area contributed by atoms with Crippen molar-refractivity contribution < 1.29 is 47.3 Å². The number of carbonyl (C=O) groups excluding carboxylic acids is 4. The fourth-order valence-corrected chi connectivity index (χ4v) is 7.00. The number of nitrogens with zero attached hydrogens (tertiary/aromatic N) is 4. The summed E-state index contributed by atoms with van der Waals surface area (Å²) in [6.45, 7) is 4.38. The Balaban J connectivity index is 1.20. The van der Waals surface area contributed by atoms with Gasteiger partial charge in [-0.3, -0.25) is 19.3 Å². The number of imidazole rings is 1. The van der Waals surface area contributed by atoms with Gasteiger partial charge in [0.15, 0.2) is 0 Å². The zero-order chi connectivity index (χ0) is 37.9. The van der Waals surface area contributed by atoms with Gasteiger partial charge >= 0.3 is 6.09 Å². The molecule has 0 aliphatic carbocycles. The lowest BCUT2D eigenvalue weighted by atomic mass is 9.85. The smallest absolute Gasteiger partial charge is 0.407 e. The summed E-state index contributed by atoms with van der Waals surface area (Å²) in [5.74, 6) is -2.96. The van der Waals surface area contributed by atoms with E-state index in [-0.39, 0.29) is 57.2 Å². The fourth-order valence-electron chi connectivity index (χ4n) is 7.00. The van der Waals surface area contributed by atoms with Gasteiger partial charge in [-0.15, -0.1) is 0 Å². The summed E-state index contributed by atoms with van der Waals surface area (Å²) in [4.78, 5) is 57.5. The molecule has 0 radical (unpaired) electrons. The monoisotopic (exact) mass is 736 g/mol. The number of aliphatic hydroxyl groups is 1. The van der Waals surface area contributed by atoms with Gasteiger partial charge in [-0.05, 0) is 37.6 Å². The van der Waals surface area contributed by atoms with Gasteiger partial charge in [-0.1, -0.05) is 30.3 Å². The molecule has 4 amide bonds. The molecule has 3 N–H and O–H groups in total. The molecule has 1 unspecified atom stereocenters. The number of benzene rings is 2. The number of likely N-dealkylation sites (tertiary alicyclic amines) is 1. The summed E-state index contributed by atoms with van der Waals surface area (Å²) >= 11 is 0. The van der Waals surface area contributed by atoms with E-state index in [2.05, 4.69) is 10.6 Å². The van der Waals surface area contributed by atoms with E-state index in [1.165, 1.54) is 24.2 Å². The molecule has 14 nitrogen and oxygen atoms in total. The molecule has 2 aromatic carbocycles. The molecular formula is C37H42F2N6O8. The Morgan fingerprint density at radius 2 is 1.83 bits per heavy atom. The molecule has 3 aromatic rings. The number of aromatic nitrogens is 2. The summed E-state index contributed by atoms with van der Waals surface area (Å²) in [6.07, 6.45) is 1.01. The number of hydrogen-bond acceptors (Lipinski definition) is 10. The van der Waals surface area contributed by atoms with E-state index in [4.69, 9.17) is 19.2 Å². The highest BCUT2D eigenvalue weighted by atomic mass is 19.1. The van der Waals surface area contributed by atoms with Crippen LogP contribution in [0.15, 0.2) is 66.9 Å². The zero-order valence-corrected chi connectivity index (χ0v) is 29.5. The molecule has 0 saturated carbocycles. The molecule has 2 saturated heterocycles. The average molecular weight is 737 g/mol. The number of nitrogens with one attached hydrogen (secondary N) is 2. The lowest BCUT2D eigenvalue weighted by Crippen LogP contribution is -2.62. The minimum atomic E-state index is -1.50. The maximum Gasteiger partial charge on any atom is 0.407 e. The predicted octanol–water partition coefficient (Wildman–Crippen LogP) is 2.17. The van der Waals surface area contributed by atoms with Crippen LogP contribution in [0.5, 0.6) is 0 Å². The molecule has 6 rings (SSSR count). The van der Waals surface area contributed by atoms with Crippen molar-refractivity contribution in [3.63, 3.8) is 0 Å². The van der Waals surface area contributed by atoms with Crippen molar-refractivity contribution >= 4 is 23.8 Å². The quantitative estimate of drug-likeness (QED) is 0.165. The van der Waals surface area contributed by atoms with Crippen molar-refractivity contribution in [2.75, 3.05) is 46.5 Å². The Labute approximate surface area is 304 Å². The minimum Gasteiger partial charge on any atom is -0.444 e. The van der Waals surface area contributed by atoms with Gasteiger partial charge in [0.25, 0.3) is 17.7 Å². The second-order valence-corrected chi connectivity index (χ2v) is 13.6. The van der Waals surface area contributed by atoms with Crippen molar-refractivity contribution in [1.29, 1.82) is 0 Å². The third-order valence-electron chi connectivity index (χ3n) is 9.86. The molecular weight excluding hydrogens is 694 g/mol. The topological polar surface area (TPSA) is 165 Å². The first-order chi connectivity index (χ1) is 25.4. The number of methoxy groups -OCH3 is 1. The predicted molar refractivity (Wildman–Crippen MR) is 185 cm³/mol. The van der Waals surface area contributed by atoms with Gasteiger partial charge in [0.1, 0.15) is 35.7 Å². The summed E-state index contributed by atoms with van der Waals surface area (Å²) in [5.41, 5.74) is -0.149. The number of halogens is 2. The third kappa shape index (κ3) is 8.15. The highest BCUT2D eigenvalue weighted by molar-refractivity contribution is 6.12. The van der Waals surface area contributed by atoms with Crippen molar-refractivity contribution in [2.45, 2.75) is 50.3 Å². The van der Waals surface area contributed by atoms with Gasteiger partial charge < -0.3 is 39.4 Å². The van der Waals surface area contributed by atoms with E-state index in [1.807, 2.05) is 30.3 Å². The largest absolute Gasteiger partial charge is 0.444 e. The Morgan fingerprint density at radius 3 is 2.55 bits per heavy atom. The number of ether oxygens (including phenoxy) is 3. The van der Waals surface area contributed by atoms with Crippen LogP contribution in [0, 0.1) is 17.6 Å². The first-order valence-electron chi connectivity index (χ1n) is 17.3. The van der Waals surface area contributed by atoms with Crippen molar-refractivity contribution in [3.05, 3.63) is 89.9 Å². The number of hydrogen-bond donors (Lipinski definition) is 3. The molecule has 16 heteroatoms. The highest BCUT2D eigenvalue weighted by Crippen LogP contribution is 2.40. The van der Waals surface area contributed by atoms with Crippen LogP contribution < -0.4 is 10.6 Å². The molecule has 4 heterocycles. The standard InChI is InChI=1S/C37H42F2N6O8/c1-37(2,51-3)33(34-42-27(24-17-23(38)9-10-26(24)39)21-43(34)19-22-7-5-4-6-8-22)45-20-25-28(18-41-31(25)32(48)35(45)49)53-36(50)40-13-15-52-16-14-44-29(46)11-12-30(44)47/h4-12,17,21,25,28,31-33,41,48H,13-16,18-20H2,1-3H3,(H,40,50)/t25-,28+,31?,32-,33-/m0/s1. The van der Waals surface area contributed by atoms with Crippen molar-refractivity contribution in [2.24, 2.45) is 5.92 Å². The second kappa shape index (κ2) is 15.9. The number of amides is 4. The van der Waals surface area contributed by atoms with E-state index < -0.39 is 71.3 Å². The van der Waals surface area contributed by atoms with E-state index in [0.29, 0.717) is 5.82 Å². The molecule has 3 aliphatic rings. The molecule has 0 bridgehead atoms. The zero-order valence-electron chi connectivity index (χ0n) is 29.5. The lowest BCUT2D eigenvalue weighted by molar-refractivity contribution is -0.162. The number of rotatable bonds is 14. The van der Waals surface area contributed by atoms with Crippen LogP contribution in [0.2, 0.25) is 0 Å². The van der Waals surface area contributed by atoms with E-state index in [1.54, 1.807) is 24.6 Å². The summed E-state index contributed by atoms with van der Waals surface area (Å²) < 4.78 is 48.3. The van der Waals surface area contributed by atoms with Crippen molar-refractivity contribution in [1.82, 2.24) is 30.0 Å². The maximum atomic E-state index is 15.1. The first kappa shape index (κ1) is 37.7. The van der Waals surface area contributed by atoms with Gasteiger partial charge in [0, 0.05) is 63.1 Å². The van der Waals surface area contributed by atoms with Gasteiger partial charge in [0.05, 0.1) is 37.1 Å². The number of alkyl carbamates (subject to hydrolysis) is 1. The van der Waals surface area contributed by atoms with Crippen LogP contribution >= 0.6 is 0 Å². The molecule has 53 heavy (non-hydrogen) atoms. The van der Waals surface area contributed by atoms with Gasteiger partial charge in [-0.2, -0.15) is 0 Å². The van der Waals surface area contributed by atoms with Crippen molar-refractivity contribution in [3.8, 4) is 11.3 Å². The Kier molecular flexibility index (Phi) is 11.3. The number of piperidine rings is 1. The molecule has 1 aromatic heterocycles. The molecule has 3 aliphatic heterocycles. The molecule has 0 spiro atoms. The third-order valence-corrected chi connectivity index (χ3v) is 9.86. The fraction of sp³-hybridized carbons (Fsp3) is 0.432. The SMILES string of the molecule is COC(C)(C)[C@H](c1nc(-c2cc(F)ccc2F)cn1Cc1ccccc1)N1C[C@@H]2C(NC[C@H]2OC(=O)NCCOCCN2C(=O)C=CC2=O)[C@H](O)C1=O. The summed E-state index contributed by atoms with van der Waals surface area (Å²) in [7, 11) is 1.48.